The normalized spacial score (nSPS) is 10.4. The van der Waals surface area contributed by atoms with Gasteiger partial charge < -0.3 is 18.7 Å². The first kappa shape index (κ1) is 15.9. The fraction of sp³-hybridized carbons (Fsp3) is 0.375. The molecule has 0 aliphatic heterocycles. The Kier molecular flexibility index (Phi) is 5.04. The number of carbonyl (C=O) groups excluding carboxylic acids is 1. The first-order valence-corrected chi connectivity index (χ1v) is 6.83. The number of hydrogen-bond acceptors (Lipinski definition) is 6. The van der Waals surface area contributed by atoms with Crippen molar-refractivity contribution in [3.05, 3.63) is 40.8 Å². The average Bonchev–Trinajstić information content (AvgIpc) is 2.84. The molecule has 0 fully saturated rings. The van der Waals surface area contributed by atoms with Crippen LogP contribution < -0.4 is 9.47 Å². The van der Waals surface area contributed by atoms with E-state index in [0.717, 1.165) is 16.8 Å². The van der Waals surface area contributed by atoms with Crippen LogP contribution in [0.1, 0.15) is 22.6 Å². The second kappa shape index (κ2) is 6.98. The lowest BCUT2D eigenvalue weighted by atomic mass is 10.1. The van der Waals surface area contributed by atoms with Gasteiger partial charge in [0.15, 0.2) is 0 Å². The highest BCUT2D eigenvalue weighted by atomic mass is 16.5. The summed E-state index contributed by atoms with van der Waals surface area (Å²) in [5.74, 6) is 1.58. The molecule has 0 aliphatic rings. The molecule has 0 unspecified atom stereocenters. The number of rotatable bonds is 6. The van der Waals surface area contributed by atoms with E-state index in [2.05, 4.69) is 5.16 Å². The standard InChI is InChI=1S/C16H19NO5/c1-10-14(11(2)22-17-10)9-21-16(18)7-12-5-6-13(19-3)8-15(12)20-4/h5-6,8H,7,9H2,1-4H3. The highest BCUT2D eigenvalue weighted by Gasteiger charge is 2.14. The van der Waals surface area contributed by atoms with E-state index >= 15 is 0 Å². The highest BCUT2D eigenvalue weighted by molar-refractivity contribution is 5.73. The van der Waals surface area contributed by atoms with E-state index in [4.69, 9.17) is 18.7 Å². The van der Waals surface area contributed by atoms with Gasteiger partial charge in [-0.3, -0.25) is 4.79 Å². The van der Waals surface area contributed by atoms with Gasteiger partial charge in [0.25, 0.3) is 0 Å². The monoisotopic (exact) mass is 305 g/mol. The second-order valence-corrected chi connectivity index (χ2v) is 4.82. The summed E-state index contributed by atoms with van der Waals surface area (Å²) in [6, 6.07) is 5.30. The zero-order chi connectivity index (χ0) is 16.1. The van der Waals surface area contributed by atoms with E-state index in [1.54, 1.807) is 39.3 Å². The first-order chi connectivity index (χ1) is 10.5. The van der Waals surface area contributed by atoms with Crippen molar-refractivity contribution in [3.63, 3.8) is 0 Å². The predicted molar refractivity (Wildman–Crippen MR) is 79.0 cm³/mol. The number of hydrogen-bond donors (Lipinski definition) is 0. The third-order valence-electron chi connectivity index (χ3n) is 3.39. The van der Waals surface area contributed by atoms with E-state index < -0.39 is 0 Å². The summed E-state index contributed by atoms with van der Waals surface area (Å²) in [7, 11) is 3.12. The van der Waals surface area contributed by atoms with Gasteiger partial charge in [0.1, 0.15) is 23.9 Å². The number of benzene rings is 1. The van der Waals surface area contributed by atoms with Crippen molar-refractivity contribution in [1.82, 2.24) is 5.16 Å². The molecule has 6 heteroatoms. The summed E-state index contributed by atoms with van der Waals surface area (Å²) >= 11 is 0. The summed E-state index contributed by atoms with van der Waals surface area (Å²) < 4.78 is 20.7. The third-order valence-corrected chi connectivity index (χ3v) is 3.39. The lowest BCUT2D eigenvalue weighted by molar-refractivity contribution is -0.144. The molecule has 0 saturated heterocycles. The number of ether oxygens (including phenoxy) is 3. The van der Waals surface area contributed by atoms with E-state index in [9.17, 15) is 4.79 Å². The molecular formula is C16H19NO5. The van der Waals surface area contributed by atoms with Crippen LogP contribution in [0, 0.1) is 13.8 Å². The Morgan fingerprint density at radius 3 is 2.59 bits per heavy atom. The van der Waals surface area contributed by atoms with Gasteiger partial charge in [-0.15, -0.1) is 0 Å². The Morgan fingerprint density at radius 1 is 1.23 bits per heavy atom. The molecule has 0 amide bonds. The Bertz CT molecular complexity index is 643. The van der Waals surface area contributed by atoms with Crippen molar-refractivity contribution < 1.29 is 23.5 Å². The van der Waals surface area contributed by atoms with Crippen molar-refractivity contribution in [3.8, 4) is 11.5 Å². The quantitative estimate of drug-likeness (QED) is 0.764. The topological polar surface area (TPSA) is 70.8 Å². The molecule has 0 aliphatic carbocycles. The van der Waals surface area contributed by atoms with Crippen LogP contribution in [0.3, 0.4) is 0 Å². The Balaban J connectivity index is 2.00. The van der Waals surface area contributed by atoms with E-state index in [1.165, 1.54) is 0 Å². The minimum Gasteiger partial charge on any atom is -0.497 e. The average molecular weight is 305 g/mol. The van der Waals surface area contributed by atoms with Crippen molar-refractivity contribution in [1.29, 1.82) is 0 Å². The molecule has 6 nitrogen and oxygen atoms in total. The van der Waals surface area contributed by atoms with Gasteiger partial charge in [0, 0.05) is 11.6 Å². The van der Waals surface area contributed by atoms with Gasteiger partial charge in [0.05, 0.1) is 31.9 Å². The van der Waals surface area contributed by atoms with Crippen molar-refractivity contribution in [2.75, 3.05) is 14.2 Å². The predicted octanol–water partition coefficient (Wildman–Crippen LogP) is 2.59. The van der Waals surface area contributed by atoms with Gasteiger partial charge in [-0.05, 0) is 19.9 Å². The Morgan fingerprint density at radius 2 is 2.00 bits per heavy atom. The number of carbonyl (C=O) groups is 1. The third kappa shape index (κ3) is 3.58. The zero-order valence-electron chi connectivity index (χ0n) is 13.1. The smallest absolute Gasteiger partial charge is 0.310 e. The molecule has 118 valence electrons. The molecule has 2 rings (SSSR count). The van der Waals surface area contributed by atoms with Crippen LogP contribution in [0.4, 0.5) is 0 Å². The van der Waals surface area contributed by atoms with Crippen LogP contribution in [-0.4, -0.2) is 25.3 Å². The number of aromatic nitrogens is 1. The fourth-order valence-corrected chi connectivity index (χ4v) is 2.07. The molecule has 0 saturated carbocycles. The fourth-order valence-electron chi connectivity index (χ4n) is 2.07. The summed E-state index contributed by atoms with van der Waals surface area (Å²) in [5, 5.41) is 3.82. The van der Waals surface area contributed by atoms with Crippen molar-refractivity contribution >= 4 is 5.97 Å². The van der Waals surface area contributed by atoms with Crippen LogP contribution in [-0.2, 0) is 22.6 Å². The summed E-state index contributed by atoms with van der Waals surface area (Å²) in [4.78, 5) is 12.0. The van der Waals surface area contributed by atoms with Gasteiger partial charge in [-0.25, -0.2) is 0 Å². The Labute approximate surface area is 129 Å². The maximum absolute atomic E-state index is 12.0. The number of aryl methyl sites for hydroxylation is 2. The van der Waals surface area contributed by atoms with Crippen LogP contribution in [0.2, 0.25) is 0 Å². The second-order valence-electron chi connectivity index (χ2n) is 4.82. The summed E-state index contributed by atoms with van der Waals surface area (Å²) in [5.41, 5.74) is 2.27. The Hall–Kier alpha value is -2.50. The lowest BCUT2D eigenvalue weighted by Crippen LogP contribution is -2.09. The van der Waals surface area contributed by atoms with Gasteiger partial charge >= 0.3 is 5.97 Å². The van der Waals surface area contributed by atoms with E-state index in [-0.39, 0.29) is 19.0 Å². The zero-order valence-corrected chi connectivity index (χ0v) is 13.1. The SMILES string of the molecule is COc1ccc(CC(=O)OCc2c(C)noc2C)c(OC)c1. The van der Waals surface area contributed by atoms with E-state index in [0.29, 0.717) is 17.3 Å². The summed E-state index contributed by atoms with van der Waals surface area (Å²) in [6.07, 6.45) is 0.122. The minimum atomic E-state index is -0.344. The van der Waals surface area contributed by atoms with Crippen LogP contribution in [0.25, 0.3) is 0 Å². The van der Waals surface area contributed by atoms with E-state index in [1.807, 2.05) is 6.92 Å². The minimum absolute atomic E-state index is 0.122. The number of methoxy groups -OCH3 is 2. The number of esters is 1. The van der Waals surface area contributed by atoms with Gasteiger partial charge in [0.2, 0.25) is 0 Å². The van der Waals surface area contributed by atoms with Gasteiger partial charge in [-0.2, -0.15) is 0 Å². The molecule has 0 spiro atoms. The molecule has 0 atom stereocenters. The first-order valence-electron chi connectivity index (χ1n) is 6.83. The molecule has 1 heterocycles. The van der Waals surface area contributed by atoms with Crippen LogP contribution in [0.15, 0.2) is 22.7 Å². The number of nitrogens with zero attached hydrogens (tertiary/aromatic N) is 1. The lowest BCUT2D eigenvalue weighted by Gasteiger charge is -2.10. The molecule has 22 heavy (non-hydrogen) atoms. The van der Waals surface area contributed by atoms with Crippen LogP contribution in [0.5, 0.6) is 11.5 Å². The molecule has 2 aromatic rings. The largest absolute Gasteiger partial charge is 0.497 e. The highest BCUT2D eigenvalue weighted by Crippen LogP contribution is 2.25. The maximum atomic E-state index is 12.0. The molecule has 1 aromatic carbocycles. The van der Waals surface area contributed by atoms with Crippen molar-refractivity contribution in [2.24, 2.45) is 0 Å². The molecular weight excluding hydrogens is 286 g/mol. The molecule has 1 aromatic heterocycles. The van der Waals surface area contributed by atoms with Crippen molar-refractivity contribution in [2.45, 2.75) is 26.9 Å². The van der Waals surface area contributed by atoms with Crippen LogP contribution >= 0.6 is 0 Å². The van der Waals surface area contributed by atoms with Gasteiger partial charge in [-0.1, -0.05) is 11.2 Å². The summed E-state index contributed by atoms with van der Waals surface area (Å²) in [6.45, 7) is 3.75. The molecule has 0 N–H and O–H groups in total. The molecule has 0 bridgehead atoms. The maximum Gasteiger partial charge on any atom is 0.310 e. The molecule has 0 radical (unpaired) electrons.